The molecule has 0 amide bonds. The van der Waals surface area contributed by atoms with E-state index in [1.807, 2.05) is 11.8 Å². The summed E-state index contributed by atoms with van der Waals surface area (Å²) in [4.78, 5) is 0. The van der Waals surface area contributed by atoms with Crippen LogP contribution in [0.3, 0.4) is 0 Å². The molecule has 1 rings (SSSR count). The Morgan fingerprint density at radius 1 is 1.37 bits per heavy atom. The Bertz CT molecular complexity index is 485. The van der Waals surface area contributed by atoms with Crippen molar-refractivity contribution >= 4 is 21.8 Å². The molecule has 0 saturated heterocycles. The fraction of sp³-hybridized carbons (Fsp3) is 0.667. The molecule has 1 aromatic heterocycles. The Morgan fingerprint density at radius 3 is 2.42 bits per heavy atom. The van der Waals surface area contributed by atoms with Crippen LogP contribution < -0.4 is 10.5 Å². The zero-order valence-electron chi connectivity index (χ0n) is 11.6. The highest BCUT2D eigenvalue weighted by atomic mass is 32.2. The summed E-state index contributed by atoms with van der Waals surface area (Å²) in [5.41, 5.74) is 0. The van der Waals surface area contributed by atoms with E-state index >= 15 is 0 Å². The Kier molecular flexibility index (Phi) is 5.91. The lowest BCUT2D eigenvalue weighted by Gasteiger charge is -2.29. The van der Waals surface area contributed by atoms with E-state index in [0.717, 1.165) is 19.4 Å². The molecule has 0 aliphatic carbocycles. The maximum absolute atomic E-state index is 11.1. The van der Waals surface area contributed by atoms with Crippen LogP contribution in [0, 0.1) is 0 Å². The topological polar surface area (TPSA) is 85.3 Å². The van der Waals surface area contributed by atoms with E-state index in [9.17, 15) is 8.42 Å². The van der Waals surface area contributed by atoms with E-state index in [-0.39, 0.29) is 9.84 Å². The molecule has 3 N–H and O–H groups in total. The van der Waals surface area contributed by atoms with Gasteiger partial charge in [-0.1, -0.05) is 13.8 Å². The van der Waals surface area contributed by atoms with Gasteiger partial charge in [0.15, 0.2) is 0 Å². The number of furan rings is 1. The second-order valence-electron chi connectivity index (χ2n) is 4.46. The molecule has 0 aliphatic rings. The van der Waals surface area contributed by atoms with E-state index in [1.165, 1.54) is 6.07 Å². The lowest BCUT2D eigenvalue weighted by Crippen LogP contribution is -2.36. The van der Waals surface area contributed by atoms with Gasteiger partial charge in [-0.3, -0.25) is 0 Å². The van der Waals surface area contributed by atoms with Gasteiger partial charge in [-0.2, -0.15) is 11.8 Å². The van der Waals surface area contributed by atoms with Crippen molar-refractivity contribution in [3.63, 3.8) is 0 Å². The third-order valence-corrected chi connectivity index (χ3v) is 5.75. The highest BCUT2D eigenvalue weighted by Gasteiger charge is 2.24. The molecule has 0 aliphatic heterocycles. The first-order chi connectivity index (χ1) is 8.87. The number of thioether (sulfide) groups is 1. The van der Waals surface area contributed by atoms with Gasteiger partial charge in [-0.25, -0.2) is 13.6 Å². The van der Waals surface area contributed by atoms with Crippen molar-refractivity contribution in [2.24, 2.45) is 5.14 Å². The average molecular weight is 306 g/mol. The van der Waals surface area contributed by atoms with Crippen LogP contribution in [0.2, 0.25) is 0 Å². The van der Waals surface area contributed by atoms with Gasteiger partial charge in [-0.05, 0) is 31.2 Å². The monoisotopic (exact) mass is 306 g/mol. The zero-order chi connectivity index (χ0) is 14.5. The summed E-state index contributed by atoms with van der Waals surface area (Å²) in [6, 6.07) is 3.01. The van der Waals surface area contributed by atoms with Crippen molar-refractivity contribution in [1.82, 2.24) is 5.32 Å². The summed E-state index contributed by atoms with van der Waals surface area (Å²) in [6.07, 6.45) is 4.27. The number of nitrogens with one attached hydrogen (secondary N) is 1. The molecule has 0 radical (unpaired) electrons. The smallest absolute Gasteiger partial charge is 0.271 e. The standard InChI is InChI=1S/C12H22N2O3S2/c1-4-12(5-2,18-3)9-14-8-10-6-7-11(17-10)19(13,15)16/h6-7,14H,4-5,8-9H2,1-3H3,(H2,13,15,16). The van der Waals surface area contributed by atoms with Crippen molar-refractivity contribution in [1.29, 1.82) is 0 Å². The summed E-state index contributed by atoms with van der Waals surface area (Å²) in [5, 5.41) is 8.11. The molecule has 110 valence electrons. The fourth-order valence-corrected chi connectivity index (χ4v) is 3.19. The van der Waals surface area contributed by atoms with Crippen LogP contribution in [-0.2, 0) is 16.6 Å². The molecule has 1 heterocycles. The lowest BCUT2D eigenvalue weighted by atomic mass is 10.0. The molecule has 5 nitrogen and oxygen atoms in total. The number of rotatable bonds is 8. The highest BCUT2D eigenvalue weighted by molar-refractivity contribution is 8.00. The van der Waals surface area contributed by atoms with Crippen molar-refractivity contribution in [2.75, 3.05) is 12.8 Å². The third kappa shape index (κ3) is 4.52. The SMILES string of the molecule is CCC(CC)(CNCc1ccc(S(N)(=O)=O)o1)SC. The van der Waals surface area contributed by atoms with Crippen molar-refractivity contribution < 1.29 is 12.8 Å². The maximum atomic E-state index is 11.1. The maximum Gasteiger partial charge on any atom is 0.271 e. The largest absolute Gasteiger partial charge is 0.447 e. The van der Waals surface area contributed by atoms with Gasteiger partial charge < -0.3 is 9.73 Å². The normalized spacial score (nSPS) is 12.8. The van der Waals surface area contributed by atoms with E-state index in [1.54, 1.807) is 6.07 Å². The number of hydrogen-bond donors (Lipinski definition) is 2. The van der Waals surface area contributed by atoms with Gasteiger partial charge in [0.25, 0.3) is 10.0 Å². The van der Waals surface area contributed by atoms with E-state index in [2.05, 4.69) is 25.4 Å². The van der Waals surface area contributed by atoms with Crippen LogP contribution in [-0.4, -0.2) is 26.0 Å². The molecule has 1 aromatic rings. The Hall–Kier alpha value is -0.500. The minimum Gasteiger partial charge on any atom is -0.447 e. The lowest BCUT2D eigenvalue weighted by molar-refractivity contribution is 0.393. The molecule has 0 bridgehead atoms. The van der Waals surface area contributed by atoms with Crippen LogP contribution in [0.5, 0.6) is 0 Å². The fourth-order valence-electron chi connectivity index (χ4n) is 1.88. The van der Waals surface area contributed by atoms with Crippen molar-refractivity contribution in [3.05, 3.63) is 17.9 Å². The van der Waals surface area contributed by atoms with Crippen LogP contribution in [0.15, 0.2) is 21.6 Å². The second-order valence-corrected chi connectivity index (χ2v) is 7.23. The number of nitrogens with two attached hydrogens (primary N) is 1. The van der Waals surface area contributed by atoms with Crippen LogP contribution >= 0.6 is 11.8 Å². The van der Waals surface area contributed by atoms with Crippen LogP contribution in [0.1, 0.15) is 32.4 Å². The molecular formula is C12H22N2O3S2. The van der Waals surface area contributed by atoms with E-state index in [0.29, 0.717) is 12.3 Å². The summed E-state index contributed by atoms with van der Waals surface area (Å²) < 4.78 is 27.6. The number of sulfonamides is 1. The molecule has 0 saturated carbocycles. The van der Waals surface area contributed by atoms with Crippen molar-refractivity contribution in [3.8, 4) is 0 Å². The number of primary sulfonamides is 1. The van der Waals surface area contributed by atoms with Crippen LogP contribution in [0.25, 0.3) is 0 Å². The Balaban J connectivity index is 2.56. The van der Waals surface area contributed by atoms with Gasteiger partial charge >= 0.3 is 0 Å². The van der Waals surface area contributed by atoms with Crippen LogP contribution in [0.4, 0.5) is 0 Å². The predicted octanol–water partition coefficient (Wildman–Crippen LogP) is 1.94. The minimum absolute atomic E-state index is 0.189. The average Bonchev–Trinajstić information content (AvgIpc) is 2.84. The van der Waals surface area contributed by atoms with Gasteiger partial charge in [-0.15, -0.1) is 0 Å². The Labute approximate surface area is 119 Å². The quantitative estimate of drug-likeness (QED) is 0.766. The molecular weight excluding hydrogens is 284 g/mol. The number of hydrogen-bond acceptors (Lipinski definition) is 5. The highest BCUT2D eigenvalue weighted by Crippen LogP contribution is 2.29. The zero-order valence-corrected chi connectivity index (χ0v) is 13.2. The van der Waals surface area contributed by atoms with Crippen molar-refractivity contribution in [2.45, 2.75) is 43.1 Å². The van der Waals surface area contributed by atoms with E-state index < -0.39 is 10.0 Å². The molecule has 0 aromatic carbocycles. The van der Waals surface area contributed by atoms with Gasteiger partial charge in [0.2, 0.25) is 5.09 Å². The summed E-state index contributed by atoms with van der Waals surface area (Å²) in [6.45, 7) is 5.70. The third-order valence-electron chi connectivity index (χ3n) is 3.39. The first-order valence-electron chi connectivity index (χ1n) is 6.24. The Morgan fingerprint density at radius 2 is 2.00 bits per heavy atom. The predicted molar refractivity (Wildman–Crippen MR) is 78.6 cm³/mol. The first-order valence-corrected chi connectivity index (χ1v) is 9.01. The van der Waals surface area contributed by atoms with E-state index in [4.69, 9.17) is 9.56 Å². The van der Waals surface area contributed by atoms with Gasteiger partial charge in [0.05, 0.1) is 6.54 Å². The minimum atomic E-state index is -3.75. The molecule has 19 heavy (non-hydrogen) atoms. The molecule has 0 unspecified atom stereocenters. The van der Waals surface area contributed by atoms with Gasteiger partial charge in [0.1, 0.15) is 5.76 Å². The molecule has 7 heteroatoms. The molecule has 0 atom stereocenters. The molecule has 0 fully saturated rings. The summed E-state index contributed by atoms with van der Waals surface area (Å²) >= 11 is 1.85. The summed E-state index contributed by atoms with van der Waals surface area (Å²) in [7, 11) is -3.75. The molecule has 0 spiro atoms. The summed E-state index contributed by atoms with van der Waals surface area (Å²) in [5.74, 6) is 0.575. The second kappa shape index (κ2) is 6.78. The first kappa shape index (κ1) is 16.6. The van der Waals surface area contributed by atoms with Gasteiger partial charge in [0, 0.05) is 11.3 Å².